The van der Waals surface area contributed by atoms with Crippen LogP contribution in [-0.2, 0) is 6.42 Å². The molecule has 0 saturated carbocycles. The minimum atomic E-state index is -0.712. The summed E-state index contributed by atoms with van der Waals surface area (Å²) in [6.07, 6.45) is 0.797. The first kappa shape index (κ1) is 15.4. The van der Waals surface area contributed by atoms with Crippen molar-refractivity contribution in [2.75, 3.05) is 6.61 Å². The molecule has 3 rings (SSSR count). The summed E-state index contributed by atoms with van der Waals surface area (Å²) in [5.41, 5.74) is 7.80. The van der Waals surface area contributed by atoms with Gasteiger partial charge in [-0.2, -0.15) is 0 Å². The van der Waals surface area contributed by atoms with Gasteiger partial charge in [0.1, 0.15) is 17.6 Å². The largest absolute Gasteiger partial charge is 0.472 e. The molecule has 5 nitrogen and oxygen atoms in total. The van der Waals surface area contributed by atoms with Gasteiger partial charge in [-0.3, -0.25) is 4.79 Å². The molecule has 0 unspecified atom stereocenters. The Morgan fingerprint density at radius 2 is 2.22 bits per heavy atom. The molecule has 0 bridgehead atoms. The summed E-state index contributed by atoms with van der Waals surface area (Å²) in [4.78, 5) is 15.6. The Morgan fingerprint density at radius 1 is 1.43 bits per heavy atom. The summed E-state index contributed by atoms with van der Waals surface area (Å²) < 4.78 is 20.0. The molecule has 1 amide bonds. The molecule has 1 atom stereocenters. The first-order valence-electron chi connectivity index (χ1n) is 7.37. The summed E-state index contributed by atoms with van der Waals surface area (Å²) in [6.45, 7) is 1.66. The quantitative estimate of drug-likeness (QED) is 0.906. The van der Waals surface area contributed by atoms with Crippen molar-refractivity contribution < 1.29 is 19.0 Å². The molecule has 1 aromatic carbocycles. The summed E-state index contributed by atoms with van der Waals surface area (Å²) in [6, 6.07) is 6.41. The number of aliphatic hydroxyl groups is 1. The van der Waals surface area contributed by atoms with Gasteiger partial charge in [-0.25, -0.2) is 9.37 Å². The summed E-state index contributed by atoms with van der Waals surface area (Å²) in [5.74, 6) is -0.851. The third-order valence-corrected chi connectivity index (χ3v) is 3.95. The van der Waals surface area contributed by atoms with Crippen LogP contribution in [0.1, 0.15) is 28.0 Å². The number of carbonyl (C=O) groups is 1. The van der Waals surface area contributed by atoms with Crippen LogP contribution in [0, 0.1) is 12.7 Å². The molecule has 0 spiro atoms. The normalized spacial score (nSPS) is 16.6. The topological polar surface area (TPSA) is 85.4 Å². The number of benzene rings is 1. The monoisotopic (exact) mass is 316 g/mol. The number of aromatic nitrogens is 1. The standard InChI is InChI=1S/C17H17FN2O3/c1-9-2-4-11(14(18)6-9)13-7-15(16(19)22)20-17-12(13)5-3-10(8-21)23-17/h2,4,6-7,10,21H,3,5,8H2,1H3,(H2,19,22)/t10-/m0/s1. The van der Waals surface area contributed by atoms with E-state index in [4.69, 9.17) is 10.5 Å². The highest BCUT2D eigenvalue weighted by Gasteiger charge is 2.26. The Bertz CT molecular complexity index is 777. The summed E-state index contributed by atoms with van der Waals surface area (Å²) in [7, 11) is 0. The number of amides is 1. The molecule has 1 aliphatic rings. The number of fused-ring (bicyclic) bond motifs is 1. The van der Waals surface area contributed by atoms with Crippen molar-refractivity contribution in [3.8, 4) is 17.0 Å². The highest BCUT2D eigenvalue weighted by Crippen LogP contribution is 2.36. The number of nitrogens with two attached hydrogens (primary N) is 1. The molecular weight excluding hydrogens is 299 g/mol. The molecule has 2 aromatic rings. The summed E-state index contributed by atoms with van der Waals surface area (Å²) >= 11 is 0. The predicted molar refractivity (Wildman–Crippen MR) is 82.7 cm³/mol. The third kappa shape index (κ3) is 2.90. The molecular formula is C17H17FN2O3. The second kappa shape index (κ2) is 5.96. The van der Waals surface area contributed by atoms with Crippen LogP contribution >= 0.6 is 0 Å². The van der Waals surface area contributed by atoms with Crippen LogP contribution in [0.5, 0.6) is 5.88 Å². The van der Waals surface area contributed by atoms with Crippen molar-refractivity contribution in [1.29, 1.82) is 0 Å². The van der Waals surface area contributed by atoms with Crippen molar-refractivity contribution in [1.82, 2.24) is 4.98 Å². The van der Waals surface area contributed by atoms with Gasteiger partial charge in [0.2, 0.25) is 5.88 Å². The number of hydrogen-bond acceptors (Lipinski definition) is 4. The molecule has 2 heterocycles. The van der Waals surface area contributed by atoms with E-state index in [0.717, 1.165) is 11.1 Å². The Balaban J connectivity index is 2.19. The lowest BCUT2D eigenvalue weighted by molar-refractivity contribution is 0.0913. The van der Waals surface area contributed by atoms with Gasteiger partial charge in [-0.1, -0.05) is 12.1 Å². The molecule has 23 heavy (non-hydrogen) atoms. The van der Waals surface area contributed by atoms with E-state index in [9.17, 15) is 14.3 Å². The molecule has 6 heteroatoms. The molecule has 1 aliphatic heterocycles. The van der Waals surface area contributed by atoms with Crippen LogP contribution in [0.15, 0.2) is 24.3 Å². The lowest BCUT2D eigenvalue weighted by atomic mass is 9.93. The van der Waals surface area contributed by atoms with Crippen molar-refractivity contribution in [3.63, 3.8) is 0 Å². The van der Waals surface area contributed by atoms with Gasteiger partial charge in [-0.05, 0) is 43.0 Å². The van der Waals surface area contributed by atoms with E-state index < -0.39 is 5.91 Å². The minimum Gasteiger partial charge on any atom is -0.472 e. The molecule has 120 valence electrons. The van der Waals surface area contributed by atoms with Gasteiger partial charge in [0.05, 0.1) is 6.61 Å². The SMILES string of the molecule is Cc1ccc(-c2cc(C(N)=O)nc3c2CC[C@@H](CO)O3)c(F)c1. The number of pyridine rings is 1. The zero-order valence-electron chi connectivity index (χ0n) is 12.7. The number of nitrogens with zero attached hydrogens (tertiary/aromatic N) is 1. The number of hydrogen-bond donors (Lipinski definition) is 2. The molecule has 0 saturated heterocycles. The van der Waals surface area contributed by atoms with Crippen LogP contribution in [-0.4, -0.2) is 28.7 Å². The number of aryl methyl sites for hydroxylation is 1. The average Bonchev–Trinajstić information content (AvgIpc) is 2.53. The van der Waals surface area contributed by atoms with Gasteiger partial charge in [0.15, 0.2) is 0 Å². The highest BCUT2D eigenvalue weighted by molar-refractivity contribution is 5.93. The number of ether oxygens (including phenoxy) is 1. The fourth-order valence-electron chi connectivity index (χ4n) is 2.74. The first-order chi connectivity index (χ1) is 11.0. The Labute approximate surface area is 132 Å². The van der Waals surface area contributed by atoms with Gasteiger partial charge < -0.3 is 15.6 Å². The Kier molecular flexibility index (Phi) is 4.00. The van der Waals surface area contributed by atoms with E-state index in [2.05, 4.69) is 4.98 Å². The van der Waals surface area contributed by atoms with E-state index in [0.29, 0.717) is 24.0 Å². The Morgan fingerprint density at radius 3 is 2.87 bits per heavy atom. The fourth-order valence-corrected chi connectivity index (χ4v) is 2.74. The van der Waals surface area contributed by atoms with E-state index in [1.807, 2.05) is 0 Å². The van der Waals surface area contributed by atoms with E-state index in [1.54, 1.807) is 19.1 Å². The Hall–Kier alpha value is -2.47. The second-order valence-corrected chi connectivity index (χ2v) is 5.65. The maximum Gasteiger partial charge on any atom is 0.267 e. The van der Waals surface area contributed by atoms with E-state index in [-0.39, 0.29) is 30.1 Å². The lowest BCUT2D eigenvalue weighted by Crippen LogP contribution is -2.28. The second-order valence-electron chi connectivity index (χ2n) is 5.65. The summed E-state index contributed by atoms with van der Waals surface area (Å²) in [5, 5.41) is 9.25. The van der Waals surface area contributed by atoms with Gasteiger partial charge in [-0.15, -0.1) is 0 Å². The number of halogens is 1. The fraction of sp³-hybridized carbons (Fsp3) is 0.294. The van der Waals surface area contributed by atoms with Crippen LogP contribution in [0.4, 0.5) is 4.39 Å². The van der Waals surface area contributed by atoms with Gasteiger partial charge in [0, 0.05) is 11.1 Å². The highest BCUT2D eigenvalue weighted by atomic mass is 19.1. The average molecular weight is 316 g/mol. The molecule has 3 N–H and O–H groups in total. The van der Waals surface area contributed by atoms with Crippen LogP contribution in [0.2, 0.25) is 0 Å². The lowest BCUT2D eigenvalue weighted by Gasteiger charge is -2.26. The van der Waals surface area contributed by atoms with Crippen molar-refractivity contribution in [2.45, 2.75) is 25.9 Å². The maximum absolute atomic E-state index is 14.4. The molecule has 0 radical (unpaired) electrons. The zero-order valence-corrected chi connectivity index (χ0v) is 12.7. The van der Waals surface area contributed by atoms with Gasteiger partial charge in [0.25, 0.3) is 5.91 Å². The van der Waals surface area contributed by atoms with Crippen molar-refractivity contribution >= 4 is 5.91 Å². The third-order valence-electron chi connectivity index (χ3n) is 3.95. The minimum absolute atomic E-state index is 0.0114. The van der Waals surface area contributed by atoms with E-state index in [1.165, 1.54) is 12.1 Å². The number of aliphatic hydroxyl groups excluding tert-OH is 1. The van der Waals surface area contributed by atoms with Gasteiger partial charge >= 0.3 is 0 Å². The van der Waals surface area contributed by atoms with Crippen LogP contribution in [0.25, 0.3) is 11.1 Å². The maximum atomic E-state index is 14.4. The smallest absolute Gasteiger partial charge is 0.267 e. The number of carbonyl (C=O) groups excluding carboxylic acids is 1. The van der Waals surface area contributed by atoms with Crippen molar-refractivity contribution in [3.05, 3.63) is 46.9 Å². The van der Waals surface area contributed by atoms with E-state index >= 15 is 0 Å². The molecule has 1 aromatic heterocycles. The van der Waals surface area contributed by atoms with Crippen molar-refractivity contribution in [2.24, 2.45) is 5.73 Å². The predicted octanol–water partition coefficient (Wildman–Crippen LogP) is 1.98. The molecule has 0 fully saturated rings. The van der Waals surface area contributed by atoms with Crippen LogP contribution in [0.3, 0.4) is 0 Å². The first-order valence-corrected chi connectivity index (χ1v) is 7.37. The van der Waals surface area contributed by atoms with Crippen LogP contribution < -0.4 is 10.5 Å². The molecule has 0 aliphatic carbocycles. The number of rotatable bonds is 3. The zero-order chi connectivity index (χ0) is 16.6. The number of primary amides is 1.